The largest absolute Gasteiger partial charge is 0.417 e. The van der Waals surface area contributed by atoms with Crippen molar-refractivity contribution in [2.75, 3.05) is 12.1 Å². The van der Waals surface area contributed by atoms with Crippen molar-refractivity contribution < 1.29 is 18.0 Å². The molecule has 1 aromatic heterocycles. The molecule has 1 aromatic carbocycles. The van der Waals surface area contributed by atoms with Crippen LogP contribution in [0.1, 0.15) is 11.1 Å². The van der Waals surface area contributed by atoms with Crippen LogP contribution >= 0.6 is 11.6 Å². The Morgan fingerprint density at radius 3 is 2.48 bits per heavy atom. The average Bonchev–Trinajstić information content (AvgIpc) is 2.45. The Morgan fingerprint density at radius 1 is 1.24 bits per heavy atom. The molecule has 2 aromatic rings. The molecule has 0 amide bonds. The molecule has 0 atom stereocenters. The quantitative estimate of drug-likeness (QED) is 0.785. The fraction of sp³-hybridized carbons (Fsp3) is 0.214. The van der Waals surface area contributed by atoms with Crippen LogP contribution in [0.3, 0.4) is 0 Å². The van der Waals surface area contributed by atoms with E-state index in [1.54, 1.807) is 0 Å². The van der Waals surface area contributed by atoms with Crippen molar-refractivity contribution in [1.29, 1.82) is 0 Å². The Bertz CT molecular complexity index is 605. The molecule has 2 rings (SSSR count). The number of pyridine rings is 1. The second-order valence-electron chi connectivity index (χ2n) is 4.28. The van der Waals surface area contributed by atoms with Gasteiger partial charge in [-0.15, -0.1) is 0 Å². The SMILES string of the molecule is CN(OCc1ccccc1)c1ncc(C(F)(F)F)cc1Cl. The molecule has 0 saturated carbocycles. The molecule has 7 heteroatoms. The fourth-order valence-electron chi connectivity index (χ4n) is 1.62. The molecule has 0 unspecified atom stereocenters. The van der Waals surface area contributed by atoms with E-state index in [4.69, 9.17) is 16.4 Å². The smallest absolute Gasteiger partial charge is 0.267 e. The third-order valence-electron chi connectivity index (χ3n) is 2.72. The van der Waals surface area contributed by atoms with Gasteiger partial charge in [0.1, 0.15) is 0 Å². The zero-order valence-corrected chi connectivity index (χ0v) is 11.8. The van der Waals surface area contributed by atoms with E-state index in [0.717, 1.165) is 17.8 Å². The van der Waals surface area contributed by atoms with Gasteiger partial charge in [-0.05, 0) is 11.6 Å². The van der Waals surface area contributed by atoms with Crippen LogP contribution in [0.15, 0.2) is 42.6 Å². The van der Waals surface area contributed by atoms with Crippen LogP contribution in [0, 0.1) is 0 Å². The van der Waals surface area contributed by atoms with Gasteiger partial charge in [0, 0.05) is 13.2 Å². The fourth-order valence-corrected chi connectivity index (χ4v) is 1.91. The number of anilines is 1. The van der Waals surface area contributed by atoms with Crippen LogP contribution in [-0.2, 0) is 17.6 Å². The summed E-state index contributed by atoms with van der Waals surface area (Å²) in [7, 11) is 1.53. The number of halogens is 4. The summed E-state index contributed by atoms with van der Waals surface area (Å²) in [5, 5.41) is 1.12. The summed E-state index contributed by atoms with van der Waals surface area (Å²) in [5.41, 5.74) is 0.0279. The highest BCUT2D eigenvalue weighted by molar-refractivity contribution is 6.32. The van der Waals surface area contributed by atoms with Crippen LogP contribution in [-0.4, -0.2) is 12.0 Å². The molecule has 0 aliphatic rings. The number of hydroxylamine groups is 1. The van der Waals surface area contributed by atoms with Gasteiger partial charge < -0.3 is 0 Å². The summed E-state index contributed by atoms with van der Waals surface area (Å²) < 4.78 is 37.6. The number of hydrogen-bond donors (Lipinski definition) is 0. The van der Waals surface area contributed by atoms with Crippen LogP contribution < -0.4 is 5.06 Å². The minimum atomic E-state index is -4.47. The minimum Gasteiger partial charge on any atom is -0.267 e. The zero-order chi connectivity index (χ0) is 15.5. The standard InChI is InChI=1S/C14H12ClF3N2O/c1-20(21-9-10-5-3-2-4-6-10)13-12(15)7-11(8-19-13)14(16,17)18/h2-8H,9H2,1H3. The van der Waals surface area contributed by atoms with Gasteiger partial charge in [0.15, 0.2) is 5.82 Å². The van der Waals surface area contributed by atoms with Crippen molar-refractivity contribution in [3.8, 4) is 0 Å². The summed E-state index contributed by atoms with van der Waals surface area (Å²) in [5.74, 6) is 0.126. The highest BCUT2D eigenvalue weighted by atomic mass is 35.5. The minimum absolute atomic E-state index is 0.125. The summed E-state index contributed by atoms with van der Waals surface area (Å²) in [6.07, 6.45) is -3.75. The molecular formula is C14H12ClF3N2O. The van der Waals surface area contributed by atoms with E-state index < -0.39 is 11.7 Å². The summed E-state index contributed by atoms with van der Waals surface area (Å²) >= 11 is 5.83. The van der Waals surface area contributed by atoms with E-state index in [1.807, 2.05) is 30.3 Å². The lowest BCUT2D eigenvalue weighted by Crippen LogP contribution is -2.19. The van der Waals surface area contributed by atoms with Gasteiger partial charge >= 0.3 is 6.18 Å². The molecule has 0 saturated heterocycles. The van der Waals surface area contributed by atoms with Crippen molar-refractivity contribution in [1.82, 2.24) is 4.98 Å². The lowest BCUT2D eigenvalue weighted by atomic mass is 10.2. The number of alkyl halides is 3. The van der Waals surface area contributed by atoms with Gasteiger partial charge in [0.05, 0.1) is 17.2 Å². The number of nitrogens with zero attached hydrogens (tertiary/aromatic N) is 2. The monoisotopic (exact) mass is 316 g/mol. The highest BCUT2D eigenvalue weighted by Crippen LogP contribution is 2.33. The van der Waals surface area contributed by atoms with Crippen LogP contribution in [0.4, 0.5) is 19.0 Å². The maximum absolute atomic E-state index is 12.5. The van der Waals surface area contributed by atoms with E-state index in [0.29, 0.717) is 0 Å². The average molecular weight is 317 g/mol. The topological polar surface area (TPSA) is 25.4 Å². The second kappa shape index (κ2) is 6.32. The molecule has 0 fully saturated rings. The predicted octanol–water partition coefficient (Wildman–Crippen LogP) is 4.32. The van der Waals surface area contributed by atoms with Crippen LogP contribution in [0.5, 0.6) is 0 Å². The lowest BCUT2D eigenvalue weighted by Gasteiger charge is -2.19. The Hall–Kier alpha value is -1.79. The van der Waals surface area contributed by atoms with E-state index in [1.165, 1.54) is 12.1 Å². The Labute approximate surface area is 124 Å². The Morgan fingerprint density at radius 2 is 1.90 bits per heavy atom. The zero-order valence-electron chi connectivity index (χ0n) is 11.1. The van der Waals surface area contributed by atoms with Gasteiger partial charge in [0.2, 0.25) is 0 Å². The third-order valence-corrected chi connectivity index (χ3v) is 2.99. The highest BCUT2D eigenvalue weighted by Gasteiger charge is 2.31. The summed E-state index contributed by atoms with van der Waals surface area (Å²) in [6.45, 7) is 0.260. The third kappa shape index (κ3) is 4.09. The predicted molar refractivity (Wildman–Crippen MR) is 73.9 cm³/mol. The van der Waals surface area contributed by atoms with E-state index in [-0.39, 0.29) is 17.4 Å². The molecular weight excluding hydrogens is 305 g/mol. The van der Waals surface area contributed by atoms with E-state index in [2.05, 4.69) is 4.98 Å². The van der Waals surface area contributed by atoms with Crippen LogP contribution in [0.25, 0.3) is 0 Å². The normalized spacial score (nSPS) is 11.5. The van der Waals surface area contributed by atoms with Gasteiger partial charge in [-0.25, -0.2) is 10.0 Å². The summed E-state index contributed by atoms with van der Waals surface area (Å²) in [6, 6.07) is 10.2. The molecule has 0 aliphatic heterocycles. The van der Waals surface area contributed by atoms with Crippen molar-refractivity contribution in [2.45, 2.75) is 12.8 Å². The number of aromatic nitrogens is 1. The molecule has 0 bridgehead atoms. The van der Waals surface area contributed by atoms with Crippen molar-refractivity contribution >= 4 is 17.4 Å². The number of rotatable bonds is 4. The molecule has 112 valence electrons. The number of benzene rings is 1. The molecule has 0 N–H and O–H groups in total. The maximum Gasteiger partial charge on any atom is 0.417 e. The van der Waals surface area contributed by atoms with E-state index >= 15 is 0 Å². The first-order valence-electron chi connectivity index (χ1n) is 6.01. The molecule has 0 radical (unpaired) electrons. The van der Waals surface area contributed by atoms with Crippen molar-refractivity contribution in [3.63, 3.8) is 0 Å². The lowest BCUT2D eigenvalue weighted by molar-refractivity contribution is -0.137. The Kier molecular flexibility index (Phi) is 4.69. The van der Waals surface area contributed by atoms with Gasteiger partial charge in [-0.3, -0.25) is 4.84 Å². The van der Waals surface area contributed by atoms with Gasteiger partial charge in [0.25, 0.3) is 0 Å². The Balaban J connectivity index is 2.07. The number of hydrogen-bond acceptors (Lipinski definition) is 3. The molecule has 0 spiro atoms. The second-order valence-corrected chi connectivity index (χ2v) is 4.69. The first kappa shape index (κ1) is 15.6. The first-order chi connectivity index (χ1) is 9.88. The molecule has 3 nitrogen and oxygen atoms in total. The maximum atomic E-state index is 12.5. The van der Waals surface area contributed by atoms with Gasteiger partial charge in [-0.1, -0.05) is 41.9 Å². The van der Waals surface area contributed by atoms with E-state index in [9.17, 15) is 13.2 Å². The van der Waals surface area contributed by atoms with Crippen molar-refractivity contribution in [3.05, 3.63) is 58.7 Å². The molecule has 1 heterocycles. The van der Waals surface area contributed by atoms with Gasteiger partial charge in [-0.2, -0.15) is 13.2 Å². The molecule has 0 aliphatic carbocycles. The molecule has 21 heavy (non-hydrogen) atoms. The van der Waals surface area contributed by atoms with Crippen LogP contribution in [0.2, 0.25) is 5.02 Å². The summed E-state index contributed by atoms with van der Waals surface area (Å²) in [4.78, 5) is 9.13. The first-order valence-corrected chi connectivity index (χ1v) is 6.39. The van der Waals surface area contributed by atoms with Crippen molar-refractivity contribution in [2.24, 2.45) is 0 Å².